The summed E-state index contributed by atoms with van der Waals surface area (Å²) in [7, 11) is 0. The number of amides is 4. The standard InChI is InChI=1S/C40H56N6O6S/c1-25(28-14-16-29(17-15-28)36-26(2)43-24-53-36)44-38(50)33-21-31(47)22-46(33)39(51)37(40(3,4)5)45-35(49)13-8-6-7-10-27-11-9-12-32(20-27)52-23-30(41)18-19-34(42)48/h9,11-12,14-17,20,24-25,30-31,33,37,47H,6-8,10,13,18-19,21-23,41H2,1-5H3,(H2,42,48)(H,44,50)(H,45,49)/t25-,30-,31+,33-,37+/m0/s1. The summed E-state index contributed by atoms with van der Waals surface area (Å²) in [4.78, 5) is 58.5. The quantitative estimate of drug-likeness (QED) is 0.117. The number of nitrogens with one attached hydrogen (secondary N) is 2. The zero-order chi connectivity index (χ0) is 38.7. The lowest BCUT2D eigenvalue weighted by molar-refractivity contribution is -0.144. The molecule has 2 aromatic carbocycles. The number of primary amides is 1. The predicted molar refractivity (Wildman–Crippen MR) is 207 cm³/mol. The third-order valence-electron chi connectivity index (χ3n) is 9.55. The maximum absolute atomic E-state index is 14.0. The van der Waals surface area contributed by atoms with E-state index in [1.165, 1.54) is 4.90 Å². The fourth-order valence-corrected chi connectivity index (χ4v) is 7.26. The molecule has 1 aliphatic rings. The van der Waals surface area contributed by atoms with Gasteiger partial charge in [0.2, 0.25) is 23.6 Å². The SMILES string of the molecule is Cc1ncsc1-c1ccc([C@H](C)NC(=O)[C@@H]2C[C@@H](O)CN2C(=O)[C@@H](NC(=O)CCCCCc2cccc(OC[C@@H](N)CCC(N)=O)c2)C(C)(C)C)cc1. The van der Waals surface area contributed by atoms with Gasteiger partial charge in [-0.25, -0.2) is 4.98 Å². The molecule has 1 aliphatic heterocycles. The van der Waals surface area contributed by atoms with Crippen LogP contribution in [-0.2, 0) is 25.6 Å². The molecule has 0 saturated carbocycles. The summed E-state index contributed by atoms with van der Waals surface area (Å²) in [5, 5.41) is 16.6. The zero-order valence-electron chi connectivity index (χ0n) is 31.6. The lowest BCUT2D eigenvalue weighted by Gasteiger charge is -2.35. The van der Waals surface area contributed by atoms with Gasteiger partial charge in [-0.1, -0.05) is 63.6 Å². The topological polar surface area (TPSA) is 190 Å². The van der Waals surface area contributed by atoms with Crippen molar-refractivity contribution >= 4 is 35.0 Å². The third kappa shape index (κ3) is 12.4. The molecule has 13 heteroatoms. The summed E-state index contributed by atoms with van der Waals surface area (Å²) >= 11 is 1.58. The lowest BCUT2D eigenvalue weighted by atomic mass is 9.85. The number of β-amino-alcohol motifs (C(OH)–C–C–N with tert-alkyl or cyclic N) is 1. The molecule has 0 aliphatic carbocycles. The van der Waals surface area contributed by atoms with Crippen LogP contribution in [0.1, 0.15) is 95.5 Å². The first-order valence-electron chi connectivity index (χ1n) is 18.5. The lowest BCUT2D eigenvalue weighted by Crippen LogP contribution is -2.57. The molecule has 0 radical (unpaired) electrons. The summed E-state index contributed by atoms with van der Waals surface area (Å²) in [5.41, 5.74) is 16.4. The number of unbranched alkanes of at least 4 members (excludes halogenated alkanes) is 2. The molecule has 1 aromatic heterocycles. The van der Waals surface area contributed by atoms with E-state index in [-0.39, 0.29) is 61.5 Å². The number of likely N-dealkylation sites (tertiary alicyclic amines) is 1. The van der Waals surface area contributed by atoms with Gasteiger partial charge >= 0.3 is 0 Å². The van der Waals surface area contributed by atoms with Crippen molar-refractivity contribution in [2.24, 2.45) is 16.9 Å². The number of hydrogen-bond donors (Lipinski definition) is 5. The van der Waals surface area contributed by atoms with Gasteiger partial charge < -0.3 is 36.8 Å². The number of nitrogens with zero attached hydrogens (tertiary/aromatic N) is 2. The van der Waals surface area contributed by atoms with Crippen LogP contribution in [-0.4, -0.2) is 76.0 Å². The number of carbonyl (C=O) groups excluding carboxylic acids is 4. The molecule has 0 unspecified atom stereocenters. The minimum atomic E-state index is -0.873. The van der Waals surface area contributed by atoms with Gasteiger partial charge in [-0.15, -0.1) is 11.3 Å². The number of aryl methyl sites for hydroxylation is 2. The number of rotatable bonds is 18. The molecule has 7 N–H and O–H groups in total. The van der Waals surface area contributed by atoms with E-state index in [0.717, 1.165) is 46.5 Å². The number of ether oxygens (including phenoxy) is 1. The Labute approximate surface area is 317 Å². The second kappa shape index (κ2) is 19.1. The number of benzene rings is 2. The van der Waals surface area contributed by atoms with Crippen LogP contribution in [0.15, 0.2) is 54.0 Å². The summed E-state index contributed by atoms with van der Waals surface area (Å²) in [6.07, 6.45) is 3.38. The molecule has 12 nitrogen and oxygen atoms in total. The van der Waals surface area contributed by atoms with E-state index in [1.807, 2.05) is 88.7 Å². The first-order valence-corrected chi connectivity index (χ1v) is 19.3. The second-order valence-electron chi connectivity index (χ2n) is 15.2. The first-order chi connectivity index (χ1) is 25.1. The van der Waals surface area contributed by atoms with Crippen molar-refractivity contribution in [3.8, 4) is 16.2 Å². The van der Waals surface area contributed by atoms with Crippen molar-refractivity contribution in [2.45, 2.75) is 116 Å². The van der Waals surface area contributed by atoms with Crippen molar-refractivity contribution in [3.63, 3.8) is 0 Å². The van der Waals surface area contributed by atoms with Gasteiger partial charge in [-0.05, 0) is 73.8 Å². The van der Waals surface area contributed by atoms with Crippen molar-refractivity contribution < 1.29 is 29.0 Å². The molecule has 1 saturated heterocycles. The third-order valence-corrected chi connectivity index (χ3v) is 10.5. The number of nitrogens with two attached hydrogens (primary N) is 2. The highest BCUT2D eigenvalue weighted by molar-refractivity contribution is 7.13. The molecule has 1 fully saturated rings. The Kier molecular flexibility index (Phi) is 15.0. The van der Waals surface area contributed by atoms with Gasteiger partial charge in [0.05, 0.1) is 28.2 Å². The van der Waals surface area contributed by atoms with Crippen LogP contribution < -0.4 is 26.8 Å². The molecule has 5 atom stereocenters. The van der Waals surface area contributed by atoms with Crippen LogP contribution in [0.4, 0.5) is 0 Å². The van der Waals surface area contributed by atoms with E-state index in [1.54, 1.807) is 11.3 Å². The maximum Gasteiger partial charge on any atom is 0.246 e. The molecule has 4 rings (SSSR count). The first kappa shape index (κ1) is 41.4. The van der Waals surface area contributed by atoms with E-state index in [4.69, 9.17) is 16.2 Å². The highest BCUT2D eigenvalue weighted by Crippen LogP contribution is 2.30. The molecular weight excluding hydrogens is 693 g/mol. The average molecular weight is 749 g/mol. The van der Waals surface area contributed by atoms with Crippen LogP contribution in [0.2, 0.25) is 0 Å². The average Bonchev–Trinajstić information content (AvgIpc) is 3.73. The molecule has 3 aromatic rings. The molecule has 288 valence electrons. The molecule has 4 amide bonds. The minimum absolute atomic E-state index is 0.0188. The monoisotopic (exact) mass is 748 g/mol. The van der Waals surface area contributed by atoms with Crippen molar-refractivity contribution in [1.82, 2.24) is 20.5 Å². The van der Waals surface area contributed by atoms with Gasteiger partial charge in [0, 0.05) is 31.8 Å². The van der Waals surface area contributed by atoms with Gasteiger partial charge in [0.1, 0.15) is 24.4 Å². The number of thiazole rings is 1. The highest BCUT2D eigenvalue weighted by atomic mass is 32.1. The van der Waals surface area contributed by atoms with E-state index in [0.29, 0.717) is 25.2 Å². The fourth-order valence-electron chi connectivity index (χ4n) is 6.45. The zero-order valence-corrected chi connectivity index (χ0v) is 32.4. The van der Waals surface area contributed by atoms with Gasteiger partial charge in [-0.3, -0.25) is 19.2 Å². The van der Waals surface area contributed by atoms with Crippen molar-refractivity contribution in [1.29, 1.82) is 0 Å². The van der Waals surface area contributed by atoms with Crippen LogP contribution in [0.3, 0.4) is 0 Å². The van der Waals surface area contributed by atoms with Crippen LogP contribution in [0, 0.1) is 12.3 Å². The largest absolute Gasteiger partial charge is 0.492 e. The number of hydrogen-bond acceptors (Lipinski definition) is 9. The summed E-state index contributed by atoms with van der Waals surface area (Å²) < 4.78 is 5.80. The second-order valence-corrected chi connectivity index (χ2v) is 16.0. The smallest absolute Gasteiger partial charge is 0.246 e. The van der Waals surface area contributed by atoms with Gasteiger partial charge in [-0.2, -0.15) is 0 Å². The van der Waals surface area contributed by atoms with Crippen LogP contribution in [0.25, 0.3) is 10.4 Å². The summed E-state index contributed by atoms with van der Waals surface area (Å²) in [6, 6.07) is 13.4. The number of aromatic nitrogens is 1. The van der Waals surface area contributed by atoms with Gasteiger partial charge in [0.15, 0.2) is 0 Å². The Balaban J connectivity index is 1.26. The van der Waals surface area contributed by atoms with Gasteiger partial charge in [0.25, 0.3) is 0 Å². The predicted octanol–water partition coefficient (Wildman–Crippen LogP) is 4.56. The Morgan fingerprint density at radius 3 is 2.45 bits per heavy atom. The van der Waals surface area contributed by atoms with E-state index >= 15 is 0 Å². The Bertz CT molecular complexity index is 1690. The molecule has 2 heterocycles. The normalized spacial score (nSPS) is 17.5. The Hall–Kier alpha value is -4.33. The van der Waals surface area contributed by atoms with Crippen molar-refractivity contribution in [3.05, 3.63) is 70.9 Å². The highest BCUT2D eigenvalue weighted by Gasteiger charge is 2.44. The molecule has 0 spiro atoms. The van der Waals surface area contributed by atoms with Crippen LogP contribution in [0.5, 0.6) is 5.75 Å². The Morgan fingerprint density at radius 2 is 1.79 bits per heavy atom. The minimum Gasteiger partial charge on any atom is -0.492 e. The number of aliphatic hydroxyl groups excluding tert-OH is 1. The number of aliphatic hydroxyl groups is 1. The summed E-state index contributed by atoms with van der Waals surface area (Å²) in [5.74, 6) is -0.623. The molecule has 53 heavy (non-hydrogen) atoms. The van der Waals surface area contributed by atoms with E-state index < -0.39 is 23.6 Å². The van der Waals surface area contributed by atoms with Crippen molar-refractivity contribution in [2.75, 3.05) is 13.2 Å². The maximum atomic E-state index is 14.0. The van der Waals surface area contributed by atoms with E-state index in [9.17, 15) is 24.3 Å². The number of carbonyl (C=O) groups is 4. The molecular formula is C40H56N6O6S. The molecule has 0 bridgehead atoms. The summed E-state index contributed by atoms with van der Waals surface area (Å²) in [6.45, 7) is 9.81. The van der Waals surface area contributed by atoms with E-state index in [2.05, 4.69) is 15.6 Å². The Morgan fingerprint density at radius 1 is 1.06 bits per heavy atom. The van der Waals surface area contributed by atoms with Crippen LogP contribution >= 0.6 is 11.3 Å². The fraction of sp³-hybridized carbons (Fsp3) is 0.525.